The minimum Gasteiger partial charge on any atom is -0.478 e. The molecule has 0 saturated carbocycles. The van der Waals surface area contributed by atoms with E-state index < -0.39 is 5.97 Å². The number of hydrogen-bond donors (Lipinski definition) is 2. The second kappa shape index (κ2) is 8.97. The zero-order valence-electron chi connectivity index (χ0n) is 16.5. The van der Waals surface area contributed by atoms with Gasteiger partial charge < -0.3 is 14.9 Å². The molecule has 7 heteroatoms. The molecule has 3 aromatic rings. The maximum Gasteiger partial charge on any atom is 0.335 e. The number of aromatic nitrogens is 1. The molecule has 30 heavy (non-hydrogen) atoms. The molecule has 154 valence electrons. The SMILES string of the molecule is Cc1cc(Cl)ccc1C(C/C(=N\O)c1ccc(=O)n(C)c1)c1ccc(C(=O)O)cc1. The van der Waals surface area contributed by atoms with Crippen LogP contribution in [0.5, 0.6) is 0 Å². The van der Waals surface area contributed by atoms with Crippen molar-refractivity contribution >= 4 is 23.3 Å². The van der Waals surface area contributed by atoms with Gasteiger partial charge in [-0.1, -0.05) is 35.0 Å². The lowest BCUT2D eigenvalue weighted by molar-refractivity contribution is 0.0697. The summed E-state index contributed by atoms with van der Waals surface area (Å²) in [6.45, 7) is 1.95. The average Bonchev–Trinajstić information content (AvgIpc) is 2.72. The standard InChI is InChI=1S/C23H21ClN2O4/c1-14-11-18(24)8-9-19(14)20(15-3-5-16(6-4-15)23(28)29)12-21(25-30)17-7-10-22(27)26(2)13-17/h3-11,13,20,30H,12H2,1-2H3,(H,28,29)/b25-21+. The summed E-state index contributed by atoms with van der Waals surface area (Å²) in [6.07, 6.45) is 1.96. The fourth-order valence-electron chi connectivity index (χ4n) is 3.47. The summed E-state index contributed by atoms with van der Waals surface area (Å²) in [5, 5.41) is 23.0. The van der Waals surface area contributed by atoms with Crippen LogP contribution >= 0.6 is 11.6 Å². The van der Waals surface area contributed by atoms with Gasteiger partial charge in [0, 0.05) is 42.2 Å². The maximum atomic E-state index is 11.7. The zero-order valence-corrected chi connectivity index (χ0v) is 17.3. The van der Waals surface area contributed by atoms with Crippen molar-refractivity contribution in [2.45, 2.75) is 19.3 Å². The Kier molecular flexibility index (Phi) is 6.37. The Bertz CT molecular complexity index is 1170. The van der Waals surface area contributed by atoms with Gasteiger partial charge in [0.25, 0.3) is 0 Å². The molecule has 0 aliphatic rings. The highest BCUT2D eigenvalue weighted by molar-refractivity contribution is 6.30. The summed E-state index contributed by atoms with van der Waals surface area (Å²) in [5.41, 5.74) is 3.88. The first-order valence-electron chi connectivity index (χ1n) is 9.27. The molecule has 1 unspecified atom stereocenters. The number of carboxylic acids is 1. The monoisotopic (exact) mass is 424 g/mol. The van der Waals surface area contributed by atoms with Gasteiger partial charge in [-0.05, 0) is 53.9 Å². The summed E-state index contributed by atoms with van der Waals surface area (Å²) >= 11 is 6.12. The largest absolute Gasteiger partial charge is 0.478 e. The number of carbonyl (C=O) groups is 1. The average molecular weight is 425 g/mol. The number of carboxylic acid groups (broad SMARTS) is 1. The molecule has 0 bridgehead atoms. The van der Waals surface area contributed by atoms with Gasteiger partial charge in [-0.25, -0.2) is 4.79 Å². The van der Waals surface area contributed by atoms with Crippen LogP contribution in [0.15, 0.2) is 70.7 Å². The highest BCUT2D eigenvalue weighted by atomic mass is 35.5. The Morgan fingerprint density at radius 3 is 2.33 bits per heavy atom. The first kappa shape index (κ1) is 21.3. The second-order valence-electron chi connectivity index (χ2n) is 7.10. The van der Waals surface area contributed by atoms with Crippen LogP contribution in [-0.4, -0.2) is 26.6 Å². The van der Waals surface area contributed by atoms with Crippen molar-refractivity contribution in [3.8, 4) is 0 Å². The van der Waals surface area contributed by atoms with E-state index in [1.807, 2.05) is 19.1 Å². The quantitative estimate of drug-likeness (QED) is 0.347. The second-order valence-corrected chi connectivity index (χ2v) is 7.53. The van der Waals surface area contributed by atoms with Crippen LogP contribution in [0.2, 0.25) is 5.02 Å². The Balaban J connectivity index is 2.07. The first-order valence-corrected chi connectivity index (χ1v) is 9.65. The van der Waals surface area contributed by atoms with Gasteiger partial charge in [0.1, 0.15) is 0 Å². The smallest absolute Gasteiger partial charge is 0.335 e. The molecule has 0 fully saturated rings. The maximum absolute atomic E-state index is 11.7. The van der Waals surface area contributed by atoms with Crippen molar-refractivity contribution < 1.29 is 15.1 Å². The van der Waals surface area contributed by atoms with Gasteiger partial charge in [0.2, 0.25) is 5.56 Å². The molecule has 0 aliphatic carbocycles. The third kappa shape index (κ3) is 4.60. The van der Waals surface area contributed by atoms with E-state index in [0.717, 1.165) is 16.7 Å². The Labute approximate surface area is 178 Å². The molecule has 0 spiro atoms. The summed E-state index contributed by atoms with van der Waals surface area (Å²) in [6, 6.07) is 15.2. The minimum atomic E-state index is -0.997. The van der Waals surface area contributed by atoms with E-state index in [4.69, 9.17) is 11.6 Å². The van der Waals surface area contributed by atoms with Crippen molar-refractivity contribution in [2.75, 3.05) is 0 Å². The number of oxime groups is 1. The van der Waals surface area contributed by atoms with E-state index in [1.54, 1.807) is 49.6 Å². The van der Waals surface area contributed by atoms with Crippen LogP contribution in [0.1, 0.15) is 45.0 Å². The number of halogens is 1. The van der Waals surface area contributed by atoms with E-state index in [2.05, 4.69) is 5.16 Å². The number of hydrogen-bond acceptors (Lipinski definition) is 4. The third-order valence-electron chi connectivity index (χ3n) is 5.10. The fourth-order valence-corrected chi connectivity index (χ4v) is 3.70. The normalized spacial score (nSPS) is 12.6. The lowest BCUT2D eigenvalue weighted by Crippen LogP contribution is -2.18. The van der Waals surface area contributed by atoms with E-state index in [1.165, 1.54) is 10.6 Å². The number of aromatic carboxylic acids is 1. The van der Waals surface area contributed by atoms with E-state index >= 15 is 0 Å². The van der Waals surface area contributed by atoms with Gasteiger partial charge in [-0.15, -0.1) is 0 Å². The molecule has 0 saturated heterocycles. The summed E-state index contributed by atoms with van der Waals surface area (Å²) < 4.78 is 1.42. The van der Waals surface area contributed by atoms with Crippen molar-refractivity contribution in [3.05, 3.63) is 104 Å². The molecule has 2 N–H and O–H groups in total. The highest BCUT2D eigenvalue weighted by Gasteiger charge is 2.21. The van der Waals surface area contributed by atoms with Crippen LogP contribution in [0.25, 0.3) is 0 Å². The molecule has 1 aromatic heterocycles. The van der Waals surface area contributed by atoms with Crippen LogP contribution in [0.4, 0.5) is 0 Å². The summed E-state index contributed by atoms with van der Waals surface area (Å²) in [7, 11) is 1.63. The highest BCUT2D eigenvalue weighted by Crippen LogP contribution is 2.33. The molecule has 0 amide bonds. The van der Waals surface area contributed by atoms with Gasteiger partial charge in [-0.2, -0.15) is 0 Å². The van der Waals surface area contributed by atoms with Gasteiger partial charge >= 0.3 is 5.97 Å². The molecule has 1 atom stereocenters. The van der Waals surface area contributed by atoms with Gasteiger partial charge in [-0.3, -0.25) is 4.79 Å². The van der Waals surface area contributed by atoms with Crippen LogP contribution < -0.4 is 5.56 Å². The number of rotatable bonds is 6. The van der Waals surface area contributed by atoms with Crippen LogP contribution in [0.3, 0.4) is 0 Å². The predicted octanol–water partition coefficient (Wildman–Crippen LogP) is 4.45. The molecule has 1 heterocycles. The zero-order chi connectivity index (χ0) is 21.8. The van der Waals surface area contributed by atoms with Crippen molar-refractivity contribution in [1.82, 2.24) is 4.57 Å². The first-order chi connectivity index (χ1) is 14.3. The molecule has 3 rings (SSSR count). The van der Waals surface area contributed by atoms with Crippen LogP contribution in [-0.2, 0) is 7.05 Å². The van der Waals surface area contributed by atoms with Crippen LogP contribution in [0, 0.1) is 6.92 Å². The topological polar surface area (TPSA) is 91.9 Å². The number of pyridine rings is 1. The molecule has 0 radical (unpaired) electrons. The Morgan fingerprint density at radius 2 is 1.77 bits per heavy atom. The lowest BCUT2D eigenvalue weighted by atomic mass is 9.83. The number of aryl methyl sites for hydroxylation is 2. The molecule has 0 aliphatic heterocycles. The van der Waals surface area contributed by atoms with E-state index in [-0.39, 0.29) is 17.0 Å². The molecular weight excluding hydrogens is 404 g/mol. The summed E-state index contributed by atoms with van der Waals surface area (Å²) in [5.74, 6) is -1.21. The van der Waals surface area contributed by atoms with E-state index in [0.29, 0.717) is 22.7 Å². The van der Waals surface area contributed by atoms with Crippen molar-refractivity contribution in [1.29, 1.82) is 0 Å². The number of nitrogens with zero attached hydrogens (tertiary/aromatic N) is 2. The van der Waals surface area contributed by atoms with Crippen molar-refractivity contribution in [3.63, 3.8) is 0 Å². The minimum absolute atomic E-state index is 0.162. The molecule has 2 aromatic carbocycles. The van der Waals surface area contributed by atoms with Gasteiger partial charge in [0.05, 0.1) is 11.3 Å². The third-order valence-corrected chi connectivity index (χ3v) is 5.34. The van der Waals surface area contributed by atoms with E-state index in [9.17, 15) is 19.9 Å². The summed E-state index contributed by atoms with van der Waals surface area (Å²) in [4.78, 5) is 22.9. The van der Waals surface area contributed by atoms with Crippen molar-refractivity contribution in [2.24, 2.45) is 12.2 Å². The van der Waals surface area contributed by atoms with Gasteiger partial charge in [0.15, 0.2) is 0 Å². The Hall–Kier alpha value is -3.38. The Morgan fingerprint density at radius 1 is 1.10 bits per heavy atom. The predicted molar refractivity (Wildman–Crippen MR) is 116 cm³/mol. The fraction of sp³-hybridized carbons (Fsp3) is 0.174. The number of benzene rings is 2. The molecule has 6 nitrogen and oxygen atoms in total. The lowest BCUT2D eigenvalue weighted by Gasteiger charge is -2.21. The molecular formula is C23H21ClN2O4.